The number of nitrogens with zero attached hydrogens (tertiary/aromatic N) is 1. The largest absolute Gasteiger partial charge is 0.444 e. The molecule has 1 amide bonds. The number of likely N-dealkylation sites (N-methyl/N-ethyl adjacent to an activating group) is 1. The van der Waals surface area contributed by atoms with Crippen molar-refractivity contribution >= 4 is 12.4 Å². The molecule has 4 heteroatoms. The molecule has 1 aromatic rings. The first kappa shape index (κ1) is 15.5. The zero-order chi connectivity index (χ0) is 15.7. The van der Waals surface area contributed by atoms with Gasteiger partial charge in [0.15, 0.2) is 0 Å². The molecule has 114 valence electrons. The Kier molecular flexibility index (Phi) is 4.08. The van der Waals surface area contributed by atoms with Crippen LogP contribution in [0.4, 0.5) is 4.79 Å². The maximum atomic E-state index is 12.2. The quantitative estimate of drug-likeness (QED) is 0.800. The van der Waals surface area contributed by atoms with Crippen LogP contribution in [0, 0.1) is 0 Å². The lowest BCUT2D eigenvalue weighted by Crippen LogP contribution is -2.47. The fourth-order valence-electron chi connectivity index (χ4n) is 2.70. The smallest absolute Gasteiger partial charge is 0.410 e. The van der Waals surface area contributed by atoms with Crippen LogP contribution in [0.2, 0.25) is 0 Å². The number of benzene rings is 1. The van der Waals surface area contributed by atoms with Crippen LogP contribution in [0.5, 0.6) is 0 Å². The molecule has 0 aromatic heterocycles. The second-order valence-electron chi connectivity index (χ2n) is 6.69. The van der Waals surface area contributed by atoms with Crippen molar-refractivity contribution in [2.75, 3.05) is 7.05 Å². The van der Waals surface area contributed by atoms with E-state index in [2.05, 4.69) is 0 Å². The topological polar surface area (TPSA) is 46.6 Å². The van der Waals surface area contributed by atoms with Gasteiger partial charge in [-0.2, -0.15) is 0 Å². The Bertz CT molecular complexity index is 515. The lowest BCUT2D eigenvalue weighted by atomic mass is 9.88. The van der Waals surface area contributed by atoms with Crippen molar-refractivity contribution in [2.24, 2.45) is 0 Å². The van der Waals surface area contributed by atoms with Crippen LogP contribution < -0.4 is 0 Å². The van der Waals surface area contributed by atoms with Gasteiger partial charge in [0.25, 0.3) is 0 Å². The molecule has 21 heavy (non-hydrogen) atoms. The third kappa shape index (κ3) is 3.26. The van der Waals surface area contributed by atoms with Crippen LogP contribution in [-0.4, -0.2) is 36.0 Å². The summed E-state index contributed by atoms with van der Waals surface area (Å²) in [6, 6.07) is 9.43. The van der Waals surface area contributed by atoms with E-state index in [4.69, 9.17) is 4.74 Å². The summed E-state index contributed by atoms with van der Waals surface area (Å²) in [5.74, 6) is 0. The molecule has 0 radical (unpaired) electrons. The van der Waals surface area contributed by atoms with Gasteiger partial charge in [-0.3, -0.25) is 0 Å². The SMILES string of the molecule is CN(C(=O)OC(C)(C)C)C(C=O)C1(c2ccccc2)CC1. The number of hydrogen-bond acceptors (Lipinski definition) is 3. The molecule has 0 heterocycles. The van der Waals surface area contributed by atoms with Crippen molar-refractivity contribution in [3.05, 3.63) is 35.9 Å². The summed E-state index contributed by atoms with van der Waals surface area (Å²) < 4.78 is 5.37. The maximum Gasteiger partial charge on any atom is 0.410 e. The third-order valence-electron chi connectivity index (χ3n) is 3.93. The molecule has 1 atom stereocenters. The Morgan fingerprint density at radius 3 is 2.29 bits per heavy atom. The Morgan fingerprint density at radius 2 is 1.86 bits per heavy atom. The van der Waals surface area contributed by atoms with Crippen molar-refractivity contribution < 1.29 is 14.3 Å². The highest BCUT2D eigenvalue weighted by Crippen LogP contribution is 2.51. The average Bonchev–Trinajstić information content (AvgIpc) is 3.20. The molecule has 1 fully saturated rings. The van der Waals surface area contributed by atoms with Gasteiger partial charge in [0.2, 0.25) is 0 Å². The second-order valence-corrected chi connectivity index (χ2v) is 6.69. The van der Waals surface area contributed by atoms with E-state index in [1.165, 1.54) is 4.90 Å². The van der Waals surface area contributed by atoms with Crippen LogP contribution >= 0.6 is 0 Å². The highest BCUT2D eigenvalue weighted by molar-refractivity contribution is 5.75. The Labute approximate surface area is 126 Å². The molecule has 0 aliphatic heterocycles. The number of ether oxygens (including phenoxy) is 1. The lowest BCUT2D eigenvalue weighted by Gasteiger charge is -2.33. The van der Waals surface area contributed by atoms with Crippen molar-refractivity contribution in [2.45, 2.75) is 50.7 Å². The fourth-order valence-corrected chi connectivity index (χ4v) is 2.70. The van der Waals surface area contributed by atoms with E-state index in [0.29, 0.717) is 0 Å². The fraction of sp³-hybridized carbons (Fsp3) is 0.529. The third-order valence-corrected chi connectivity index (χ3v) is 3.93. The summed E-state index contributed by atoms with van der Waals surface area (Å²) in [6.07, 6.45) is 2.23. The minimum atomic E-state index is -0.567. The zero-order valence-corrected chi connectivity index (χ0v) is 13.1. The van der Waals surface area contributed by atoms with Gasteiger partial charge < -0.3 is 14.4 Å². The van der Waals surface area contributed by atoms with Crippen LogP contribution in [-0.2, 0) is 14.9 Å². The van der Waals surface area contributed by atoms with Gasteiger partial charge in [0.1, 0.15) is 11.9 Å². The molecule has 4 nitrogen and oxygen atoms in total. The number of carbonyl (C=O) groups is 2. The summed E-state index contributed by atoms with van der Waals surface area (Å²) in [7, 11) is 1.64. The van der Waals surface area contributed by atoms with Gasteiger partial charge in [-0.25, -0.2) is 4.79 Å². The van der Waals surface area contributed by atoms with Crippen LogP contribution in [0.25, 0.3) is 0 Å². The van der Waals surface area contributed by atoms with Gasteiger partial charge in [0.05, 0.1) is 6.04 Å². The maximum absolute atomic E-state index is 12.2. The highest BCUT2D eigenvalue weighted by Gasteiger charge is 2.53. The Morgan fingerprint density at radius 1 is 1.29 bits per heavy atom. The van der Waals surface area contributed by atoms with E-state index in [9.17, 15) is 9.59 Å². The first-order valence-electron chi connectivity index (χ1n) is 7.27. The number of rotatable bonds is 4. The summed E-state index contributed by atoms with van der Waals surface area (Å²) in [6.45, 7) is 5.45. The normalized spacial score (nSPS) is 17.7. The molecular formula is C17H23NO3. The van der Waals surface area contributed by atoms with Gasteiger partial charge in [0, 0.05) is 12.5 Å². The molecule has 0 spiro atoms. The molecule has 1 aliphatic carbocycles. The van der Waals surface area contributed by atoms with E-state index >= 15 is 0 Å². The van der Waals surface area contributed by atoms with Gasteiger partial charge in [-0.1, -0.05) is 30.3 Å². The summed E-state index contributed by atoms with van der Waals surface area (Å²) in [4.78, 5) is 25.3. The number of amides is 1. The summed E-state index contributed by atoms with van der Waals surface area (Å²) >= 11 is 0. The van der Waals surface area contributed by atoms with Crippen LogP contribution in [0.3, 0.4) is 0 Å². The van der Waals surface area contributed by atoms with Gasteiger partial charge >= 0.3 is 6.09 Å². The zero-order valence-electron chi connectivity index (χ0n) is 13.1. The van der Waals surface area contributed by atoms with Crippen molar-refractivity contribution in [3.8, 4) is 0 Å². The standard InChI is InChI=1S/C17H23NO3/c1-16(2,3)21-15(20)18(4)14(12-19)17(10-11-17)13-8-6-5-7-9-13/h5-9,12,14H,10-11H2,1-4H3. The number of hydrogen-bond donors (Lipinski definition) is 0. The predicted molar refractivity (Wildman–Crippen MR) is 81.2 cm³/mol. The van der Waals surface area contributed by atoms with E-state index in [1.54, 1.807) is 7.05 Å². The average molecular weight is 289 g/mol. The van der Waals surface area contributed by atoms with E-state index in [0.717, 1.165) is 24.7 Å². The molecule has 0 saturated heterocycles. The van der Waals surface area contributed by atoms with Gasteiger partial charge in [-0.05, 0) is 39.2 Å². The van der Waals surface area contributed by atoms with E-state index in [-0.39, 0.29) is 5.41 Å². The molecule has 0 bridgehead atoms. The van der Waals surface area contributed by atoms with Crippen molar-refractivity contribution in [3.63, 3.8) is 0 Å². The molecule has 1 unspecified atom stereocenters. The number of carbonyl (C=O) groups excluding carboxylic acids is 2. The molecule has 0 N–H and O–H groups in total. The van der Waals surface area contributed by atoms with Gasteiger partial charge in [-0.15, -0.1) is 0 Å². The Hall–Kier alpha value is -1.84. The highest BCUT2D eigenvalue weighted by atomic mass is 16.6. The van der Waals surface area contributed by atoms with Crippen LogP contribution in [0.1, 0.15) is 39.2 Å². The van der Waals surface area contributed by atoms with Crippen LogP contribution in [0.15, 0.2) is 30.3 Å². The number of aldehydes is 1. The Balaban J connectivity index is 2.20. The predicted octanol–water partition coefficient (Wildman–Crippen LogP) is 3.15. The minimum Gasteiger partial charge on any atom is -0.444 e. The van der Waals surface area contributed by atoms with E-state index < -0.39 is 17.7 Å². The summed E-state index contributed by atoms with van der Waals surface area (Å²) in [5, 5.41) is 0. The van der Waals surface area contributed by atoms with Crippen molar-refractivity contribution in [1.29, 1.82) is 0 Å². The monoisotopic (exact) mass is 289 g/mol. The molecule has 1 saturated carbocycles. The molecule has 1 aliphatic rings. The minimum absolute atomic E-state index is 0.255. The van der Waals surface area contributed by atoms with Crippen molar-refractivity contribution in [1.82, 2.24) is 4.90 Å². The first-order valence-corrected chi connectivity index (χ1v) is 7.27. The molecule has 2 rings (SSSR count). The molecule has 1 aromatic carbocycles. The lowest BCUT2D eigenvalue weighted by molar-refractivity contribution is -0.113. The second kappa shape index (κ2) is 5.51. The first-order chi connectivity index (χ1) is 9.80. The molecular weight excluding hydrogens is 266 g/mol. The van der Waals surface area contributed by atoms with E-state index in [1.807, 2.05) is 51.1 Å². The summed E-state index contributed by atoms with van der Waals surface area (Å²) in [5.41, 5.74) is 0.286.